The zero-order valence-corrected chi connectivity index (χ0v) is 4.65. The Balaban J connectivity index is 2.02. The Morgan fingerprint density at radius 2 is 2.29 bits per heavy atom. The lowest BCUT2D eigenvalue weighted by molar-refractivity contribution is 0.584. The van der Waals surface area contributed by atoms with Gasteiger partial charge in [0, 0.05) is 12.1 Å². The third-order valence-corrected chi connectivity index (χ3v) is 2.08. The smallest absolute Gasteiger partial charge is 0.0102 e. The number of fused-ring (bicyclic) bond motifs is 1. The van der Waals surface area contributed by atoms with Gasteiger partial charge in [-0.1, -0.05) is 0 Å². The summed E-state index contributed by atoms with van der Waals surface area (Å²) in [4.78, 5) is 0. The van der Waals surface area contributed by atoms with Crippen LogP contribution in [0, 0.1) is 5.92 Å². The minimum Gasteiger partial charge on any atom is -0.311 e. The highest BCUT2D eigenvalue weighted by Crippen LogP contribution is 2.40. The van der Waals surface area contributed by atoms with E-state index in [1.54, 1.807) is 0 Å². The quantitative estimate of drug-likeness (QED) is 0.470. The maximum atomic E-state index is 3.49. The lowest BCUT2D eigenvalue weighted by atomic mass is 10.2. The molecule has 0 spiro atoms. The highest BCUT2D eigenvalue weighted by molar-refractivity contribution is 5.01. The molecule has 1 aliphatic carbocycles. The molecule has 3 atom stereocenters. The van der Waals surface area contributed by atoms with Crippen molar-refractivity contribution in [1.29, 1.82) is 0 Å². The standard InChI is InChI=1S/C6H11N/c1-4-2-5-3-6(5)7-4/h4-7H,2-3H2,1H3/t4-,5-,6?/m1/s1. The van der Waals surface area contributed by atoms with Crippen molar-refractivity contribution >= 4 is 0 Å². The van der Waals surface area contributed by atoms with Crippen molar-refractivity contribution in [2.75, 3.05) is 0 Å². The van der Waals surface area contributed by atoms with Gasteiger partial charge in [-0.05, 0) is 25.7 Å². The summed E-state index contributed by atoms with van der Waals surface area (Å²) in [6.07, 6.45) is 2.90. The van der Waals surface area contributed by atoms with Crippen LogP contribution in [0.25, 0.3) is 0 Å². The number of hydrogen-bond acceptors (Lipinski definition) is 1. The molecule has 2 fully saturated rings. The fourth-order valence-electron chi connectivity index (χ4n) is 1.60. The van der Waals surface area contributed by atoms with Gasteiger partial charge in [0.15, 0.2) is 0 Å². The molecule has 1 heteroatoms. The Hall–Kier alpha value is -0.0400. The predicted molar refractivity (Wildman–Crippen MR) is 29.1 cm³/mol. The molecule has 0 bridgehead atoms. The van der Waals surface area contributed by atoms with Gasteiger partial charge in [-0.3, -0.25) is 0 Å². The highest BCUT2D eigenvalue weighted by Gasteiger charge is 2.43. The van der Waals surface area contributed by atoms with E-state index >= 15 is 0 Å². The summed E-state index contributed by atoms with van der Waals surface area (Å²) in [7, 11) is 0. The van der Waals surface area contributed by atoms with Crippen LogP contribution in [0.4, 0.5) is 0 Å². The highest BCUT2D eigenvalue weighted by atomic mass is 15.0. The second kappa shape index (κ2) is 1.03. The molecule has 1 aliphatic heterocycles. The molecule has 1 N–H and O–H groups in total. The van der Waals surface area contributed by atoms with Crippen molar-refractivity contribution in [3.05, 3.63) is 0 Å². The third-order valence-electron chi connectivity index (χ3n) is 2.08. The molecule has 0 aromatic rings. The van der Waals surface area contributed by atoms with Crippen LogP contribution in [-0.4, -0.2) is 12.1 Å². The van der Waals surface area contributed by atoms with Gasteiger partial charge < -0.3 is 5.32 Å². The van der Waals surface area contributed by atoms with Crippen LogP contribution in [0.3, 0.4) is 0 Å². The summed E-state index contributed by atoms with van der Waals surface area (Å²) in [5.41, 5.74) is 0. The van der Waals surface area contributed by atoms with Gasteiger partial charge >= 0.3 is 0 Å². The van der Waals surface area contributed by atoms with Crippen molar-refractivity contribution in [3.8, 4) is 0 Å². The lowest BCUT2D eigenvalue weighted by Crippen LogP contribution is -2.21. The van der Waals surface area contributed by atoms with E-state index in [-0.39, 0.29) is 0 Å². The predicted octanol–water partition coefficient (Wildman–Crippen LogP) is 0.757. The van der Waals surface area contributed by atoms with Crippen LogP contribution < -0.4 is 5.32 Å². The first-order valence-electron chi connectivity index (χ1n) is 3.12. The zero-order valence-electron chi connectivity index (χ0n) is 4.65. The molecular weight excluding hydrogens is 86.1 g/mol. The van der Waals surface area contributed by atoms with Crippen molar-refractivity contribution in [3.63, 3.8) is 0 Å². The van der Waals surface area contributed by atoms with E-state index in [1.807, 2.05) is 0 Å². The maximum Gasteiger partial charge on any atom is 0.0102 e. The summed E-state index contributed by atoms with van der Waals surface area (Å²) in [5.74, 6) is 1.08. The molecular formula is C6H11N. The Kier molecular flexibility index (Phi) is 0.571. The monoisotopic (exact) mass is 97.1 g/mol. The molecule has 0 amide bonds. The van der Waals surface area contributed by atoms with E-state index in [0.717, 1.165) is 18.0 Å². The molecule has 0 radical (unpaired) electrons. The topological polar surface area (TPSA) is 12.0 Å². The van der Waals surface area contributed by atoms with Gasteiger partial charge in [-0.15, -0.1) is 0 Å². The number of nitrogens with one attached hydrogen (secondary N) is 1. The average Bonchev–Trinajstić information content (AvgIpc) is 2.15. The van der Waals surface area contributed by atoms with Crippen molar-refractivity contribution in [2.45, 2.75) is 31.8 Å². The molecule has 1 unspecified atom stereocenters. The Labute approximate surface area is 44.1 Å². The largest absolute Gasteiger partial charge is 0.311 e. The van der Waals surface area contributed by atoms with Crippen LogP contribution in [0.15, 0.2) is 0 Å². The molecule has 1 saturated heterocycles. The zero-order chi connectivity index (χ0) is 4.85. The lowest BCUT2D eigenvalue weighted by Gasteiger charge is -2.01. The van der Waals surface area contributed by atoms with Crippen molar-refractivity contribution in [2.24, 2.45) is 5.92 Å². The van der Waals surface area contributed by atoms with Gasteiger partial charge in [0.05, 0.1) is 0 Å². The number of rotatable bonds is 0. The molecule has 40 valence electrons. The summed E-state index contributed by atoms with van der Waals surface area (Å²) < 4.78 is 0. The fourth-order valence-corrected chi connectivity index (χ4v) is 1.60. The number of hydrogen-bond donors (Lipinski definition) is 1. The maximum absolute atomic E-state index is 3.49. The van der Waals surface area contributed by atoms with E-state index in [9.17, 15) is 0 Å². The van der Waals surface area contributed by atoms with E-state index in [1.165, 1.54) is 12.8 Å². The summed E-state index contributed by atoms with van der Waals surface area (Å²) in [6.45, 7) is 2.27. The molecule has 1 nitrogen and oxygen atoms in total. The minimum absolute atomic E-state index is 0.823. The van der Waals surface area contributed by atoms with Gasteiger partial charge in [0.25, 0.3) is 0 Å². The van der Waals surface area contributed by atoms with E-state index in [0.29, 0.717) is 0 Å². The number of piperidine rings is 1. The van der Waals surface area contributed by atoms with Crippen LogP contribution in [0.1, 0.15) is 19.8 Å². The Morgan fingerprint density at radius 1 is 1.43 bits per heavy atom. The van der Waals surface area contributed by atoms with Crippen molar-refractivity contribution < 1.29 is 0 Å². The SMILES string of the molecule is C[C@@H]1C[C@@H]2CC2N1. The fraction of sp³-hybridized carbons (Fsp3) is 1.00. The molecule has 2 rings (SSSR count). The van der Waals surface area contributed by atoms with Crippen molar-refractivity contribution in [1.82, 2.24) is 5.32 Å². The second-order valence-corrected chi connectivity index (χ2v) is 2.91. The third kappa shape index (κ3) is 0.480. The van der Waals surface area contributed by atoms with Gasteiger partial charge in [0.1, 0.15) is 0 Å². The average molecular weight is 97.2 g/mol. The summed E-state index contributed by atoms with van der Waals surface area (Å²) >= 11 is 0. The van der Waals surface area contributed by atoms with Crippen LogP contribution in [0.2, 0.25) is 0 Å². The van der Waals surface area contributed by atoms with Gasteiger partial charge in [0.2, 0.25) is 0 Å². The summed E-state index contributed by atoms with van der Waals surface area (Å²) in [6, 6.07) is 1.76. The molecule has 7 heavy (non-hydrogen) atoms. The van der Waals surface area contributed by atoms with E-state index in [4.69, 9.17) is 0 Å². The van der Waals surface area contributed by atoms with Crippen LogP contribution >= 0.6 is 0 Å². The molecule has 1 saturated carbocycles. The molecule has 2 aliphatic rings. The first kappa shape index (κ1) is 3.90. The van der Waals surface area contributed by atoms with Crippen LogP contribution in [-0.2, 0) is 0 Å². The van der Waals surface area contributed by atoms with Gasteiger partial charge in [-0.2, -0.15) is 0 Å². The Morgan fingerprint density at radius 3 is 2.57 bits per heavy atom. The second-order valence-electron chi connectivity index (χ2n) is 2.91. The minimum atomic E-state index is 0.823. The van der Waals surface area contributed by atoms with Gasteiger partial charge in [-0.25, -0.2) is 0 Å². The van der Waals surface area contributed by atoms with E-state index in [2.05, 4.69) is 12.2 Å². The molecule has 0 aromatic heterocycles. The first-order valence-corrected chi connectivity index (χ1v) is 3.12. The molecule has 0 aromatic carbocycles. The molecule has 1 heterocycles. The Bertz CT molecular complexity index is 80.2. The first-order chi connectivity index (χ1) is 3.36. The normalized spacial score (nSPS) is 57.0. The van der Waals surface area contributed by atoms with Crippen LogP contribution in [0.5, 0.6) is 0 Å². The van der Waals surface area contributed by atoms with E-state index < -0.39 is 0 Å². The summed E-state index contributed by atoms with van der Waals surface area (Å²) in [5, 5.41) is 3.49.